The van der Waals surface area contributed by atoms with E-state index in [4.69, 9.17) is 4.74 Å². The maximum Gasteiger partial charge on any atom is 0.255 e. The molecule has 1 aromatic rings. The number of rotatable bonds is 7. The minimum atomic E-state index is -1.10. The molecule has 1 fully saturated rings. The fraction of sp³-hybridized carbons (Fsp3) is 0.655. The molecule has 1 saturated heterocycles. The highest BCUT2D eigenvalue weighted by Gasteiger charge is 2.32. The van der Waals surface area contributed by atoms with Crippen molar-refractivity contribution in [2.75, 3.05) is 46.4 Å². The Bertz CT molecular complexity index is 979. The summed E-state index contributed by atoms with van der Waals surface area (Å²) >= 11 is 0. The molecule has 2 heterocycles. The lowest BCUT2D eigenvalue weighted by Gasteiger charge is -2.29. The fourth-order valence-corrected chi connectivity index (χ4v) is 4.96. The summed E-state index contributed by atoms with van der Waals surface area (Å²) < 4.78 is 5.86. The minimum Gasteiger partial charge on any atom is -0.491 e. The number of benzene rings is 1. The van der Waals surface area contributed by atoms with Gasteiger partial charge in [0.2, 0.25) is 17.7 Å². The van der Waals surface area contributed by atoms with Crippen LogP contribution in [0.2, 0.25) is 0 Å². The Morgan fingerprint density at radius 3 is 2.51 bits per heavy atom. The van der Waals surface area contributed by atoms with Crippen LogP contribution in [-0.2, 0) is 14.4 Å². The molecule has 0 spiro atoms. The second kappa shape index (κ2) is 15.5. The number of likely N-dealkylation sites (tertiary alicyclic amines) is 1. The van der Waals surface area contributed by atoms with E-state index in [2.05, 4.69) is 20.9 Å². The number of nitrogens with zero attached hydrogens (tertiary/aromatic N) is 2. The third-order valence-electron chi connectivity index (χ3n) is 7.65. The number of hydrogen-bond donors (Lipinski definition) is 3. The number of para-hydroxylation sites is 1. The Labute approximate surface area is 232 Å². The summed E-state index contributed by atoms with van der Waals surface area (Å²) in [4.78, 5) is 56.7. The molecule has 4 amide bonds. The highest BCUT2D eigenvalue weighted by molar-refractivity contribution is 6.01. The summed E-state index contributed by atoms with van der Waals surface area (Å²) in [5, 5.41) is 8.47. The Morgan fingerprint density at radius 1 is 1.08 bits per heavy atom. The molecule has 39 heavy (non-hydrogen) atoms. The molecule has 0 radical (unpaired) electrons. The topological polar surface area (TPSA) is 120 Å². The zero-order valence-corrected chi connectivity index (χ0v) is 23.7. The van der Waals surface area contributed by atoms with Crippen LogP contribution in [0.1, 0.15) is 69.2 Å². The van der Waals surface area contributed by atoms with E-state index < -0.39 is 29.8 Å². The first-order chi connectivity index (χ1) is 18.8. The van der Waals surface area contributed by atoms with Crippen LogP contribution in [0.25, 0.3) is 0 Å². The van der Waals surface area contributed by atoms with Crippen LogP contribution in [0.15, 0.2) is 24.3 Å². The lowest BCUT2D eigenvalue weighted by molar-refractivity contribution is -0.137. The Balaban J connectivity index is 1.74. The predicted molar refractivity (Wildman–Crippen MR) is 149 cm³/mol. The van der Waals surface area contributed by atoms with Crippen LogP contribution in [0.4, 0.5) is 0 Å². The molecule has 0 bridgehead atoms. The molecule has 2 aliphatic rings. The fourth-order valence-electron chi connectivity index (χ4n) is 4.96. The highest BCUT2D eigenvalue weighted by atomic mass is 16.5. The van der Waals surface area contributed by atoms with Crippen molar-refractivity contribution in [1.82, 2.24) is 25.8 Å². The summed E-state index contributed by atoms with van der Waals surface area (Å²) in [6.45, 7) is 7.84. The van der Waals surface area contributed by atoms with Gasteiger partial charge in [-0.2, -0.15) is 0 Å². The van der Waals surface area contributed by atoms with Crippen LogP contribution in [-0.4, -0.2) is 91.9 Å². The van der Waals surface area contributed by atoms with Crippen LogP contribution in [0, 0.1) is 5.92 Å². The van der Waals surface area contributed by atoms with Crippen molar-refractivity contribution >= 4 is 23.6 Å². The third-order valence-corrected chi connectivity index (χ3v) is 7.65. The normalized spacial score (nSPS) is 22.8. The average Bonchev–Trinajstić information content (AvgIpc) is 3.21. The SMILES string of the molecule is CC[C@H](C)[C@@H]1NC(=O)C[C@@H](C(=O)NCCCN2CCCCCC2)NC(=O)c2ccccc2OCCN(C)C1=O. The zero-order valence-electron chi connectivity index (χ0n) is 23.7. The monoisotopic (exact) mass is 543 g/mol. The van der Waals surface area contributed by atoms with E-state index in [1.54, 1.807) is 31.3 Å². The van der Waals surface area contributed by atoms with E-state index in [9.17, 15) is 19.2 Å². The number of hydrogen-bond acceptors (Lipinski definition) is 6. The molecular weight excluding hydrogens is 498 g/mol. The molecule has 10 heteroatoms. The second-order valence-corrected chi connectivity index (χ2v) is 10.7. The van der Waals surface area contributed by atoms with Crippen molar-refractivity contribution in [1.29, 1.82) is 0 Å². The van der Waals surface area contributed by atoms with Crippen LogP contribution < -0.4 is 20.7 Å². The summed E-state index contributed by atoms with van der Waals surface area (Å²) in [5.41, 5.74) is 0.264. The van der Waals surface area contributed by atoms with Gasteiger partial charge in [0.1, 0.15) is 24.4 Å². The maximum atomic E-state index is 13.2. The van der Waals surface area contributed by atoms with Gasteiger partial charge in [-0.1, -0.05) is 45.2 Å². The van der Waals surface area contributed by atoms with Gasteiger partial charge in [0.05, 0.1) is 18.5 Å². The number of carbonyl (C=O) groups excluding carboxylic acids is 4. The summed E-state index contributed by atoms with van der Waals surface area (Å²) in [6.07, 6.45) is 6.14. The summed E-state index contributed by atoms with van der Waals surface area (Å²) in [5.74, 6) is -1.36. The van der Waals surface area contributed by atoms with Crippen LogP contribution in [0.5, 0.6) is 5.75 Å². The van der Waals surface area contributed by atoms with Crippen molar-refractivity contribution in [3.05, 3.63) is 29.8 Å². The van der Waals surface area contributed by atoms with E-state index in [1.165, 1.54) is 30.6 Å². The van der Waals surface area contributed by atoms with Crippen molar-refractivity contribution in [2.24, 2.45) is 5.92 Å². The molecule has 3 atom stereocenters. The van der Waals surface area contributed by atoms with E-state index in [-0.39, 0.29) is 30.4 Å². The van der Waals surface area contributed by atoms with Crippen molar-refractivity contribution in [3.8, 4) is 5.75 Å². The molecule has 2 aliphatic heterocycles. The highest BCUT2D eigenvalue weighted by Crippen LogP contribution is 2.19. The number of amides is 4. The second-order valence-electron chi connectivity index (χ2n) is 10.7. The molecule has 3 N–H and O–H groups in total. The lowest BCUT2D eigenvalue weighted by Crippen LogP contribution is -2.54. The molecule has 0 unspecified atom stereocenters. The minimum absolute atomic E-state index is 0.112. The van der Waals surface area contributed by atoms with Crippen molar-refractivity contribution in [2.45, 2.75) is 70.9 Å². The van der Waals surface area contributed by atoms with Gasteiger partial charge < -0.3 is 30.5 Å². The van der Waals surface area contributed by atoms with Gasteiger partial charge in [-0.25, -0.2) is 0 Å². The maximum absolute atomic E-state index is 13.2. The first-order valence-corrected chi connectivity index (χ1v) is 14.4. The molecule has 1 aromatic carbocycles. The number of fused-ring (bicyclic) bond motifs is 1. The molecule has 0 aliphatic carbocycles. The Kier molecular flexibility index (Phi) is 12.0. The van der Waals surface area contributed by atoms with Crippen LogP contribution in [0.3, 0.4) is 0 Å². The smallest absolute Gasteiger partial charge is 0.255 e. The summed E-state index contributed by atoms with van der Waals surface area (Å²) in [7, 11) is 1.67. The van der Waals surface area contributed by atoms with E-state index in [0.717, 1.165) is 26.1 Å². The molecule has 0 aromatic heterocycles. The van der Waals surface area contributed by atoms with E-state index in [1.807, 2.05) is 13.8 Å². The quantitative estimate of drug-likeness (QED) is 0.452. The lowest BCUT2D eigenvalue weighted by atomic mass is 9.97. The third kappa shape index (κ3) is 9.23. The summed E-state index contributed by atoms with van der Waals surface area (Å²) in [6, 6.07) is 4.91. The number of carbonyl (C=O) groups is 4. The van der Waals surface area contributed by atoms with Crippen molar-refractivity contribution in [3.63, 3.8) is 0 Å². The molecule has 3 rings (SSSR count). The van der Waals surface area contributed by atoms with Crippen LogP contribution >= 0.6 is 0 Å². The molecular formula is C29H45N5O5. The zero-order chi connectivity index (χ0) is 28.2. The Morgan fingerprint density at radius 2 is 1.79 bits per heavy atom. The Hall–Kier alpha value is -3.14. The van der Waals surface area contributed by atoms with Gasteiger partial charge in [0, 0.05) is 13.6 Å². The van der Waals surface area contributed by atoms with Gasteiger partial charge in [0.25, 0.3) is 5.91 Å². The predicted octanol–water partition coefficient (Wildman–Crippen LogP) is 1.94. The van der Waals surface area contributed by atoms with Gasteiger partial charge in [-0.3, -0.25) is 19.2 Å². The van der Waals surface area contributed by atoms with Gasteiger partial charge in [-0.05, 0) is 56.9 Å². The molecule has 216 valence electrons. The number of nitrogens with one attached hydrogen (secondary N) is 3. The molecule has 10 nitrogen and oxygen atoms in total. The van der Waals surface area contributed by atoms with Gasteiger partial charge >= 0.3 is 0 Å². The van der Waals surface area contributed by atoms with Gasteiger partial charge in [-0.15, -0.1) is 0 Å². The first-order valence-electron chi connectivity index (χ1n) is 14.4. The molecule has 0 saturated carbocycles. The van der Waals surface area contributed by atoms with Gasteiger partial charge in [0.15, 0.2) is 0 Å². The van der Waals surface area contributed by atoms with Crippen molar-refractivity contribution < 1.29 is 23.9 Å². The largest absolute Gasteiger partial charge is 0.491 e. The van der Waals surface area contributed by atoms with E-state index in [0.29, 0.717) is 25.3 Å². The first kappa shape index (κ1) is 30.4. The standard InChI is InChI=1S/C29H45N5O5/c1-4-21(2)26-29(38)33(3)18-19-39-24-13-8-7-12-22(24)27(36)31-23(20-25(35)32-26)28(37)30-14-11-17-34-15-9-5-6-10-16-34/h7-8,12-13,21,23,26H,4-6,9-11,14-20H2,1-3H3,(H,30,37)(H,31,36)(H,32,35)/t21-,23-,26-/m0/s1. The number of ether oxygens (including phenoxy) is 1. The average molecular weight is 544 g/mol. The number of likely N-dealkylation sites (N-methyl/N-ethyl adjacent to an activating group) is 1. The van der Waals surface area contributed by atoms with E-state index >= 15 is 0 Å².